The molecule has 0 atom stereocenters. The normalized spacial score (nSPS) is 10.7. The zero-order valence-electron chi connectivity index (χ0n) is 13.2. The molecule has 3 rings (SSSR count). The minimum absolute atomic E-state index is 0.234. The summed E-state index contributed by atoms with van der Waals surface area (Å²) in [7, 11) is 0. The molecule has 128 valence electrons. The summed E-state index contributed by atoms with van der Waals surface area (Å²) in [6.07, 6.45) is 0.864. The van der Waals surface area contributed by atoms with Gasteiger partial charge in [0.15, 0.2) is 5.11 Å². The van der Waals surface area contributed by atoms with Gasteiger partial charge in [0.05, 0.1) is 5.02 Å². The number of halogens is 2. The molecule has 0 bridgehead atoms. The van der Waals surface area contributed by atoms with Crippen LogP contribution in [0.15, 0.2) is 42.5 Å². The minimum Gasteiger partial charge on any atom is -0.332 e. The van der Waals surface area contributed by atoms with Crippen LogP contribution in [0, 0.1) is 0 Å². The van der Waals surface area contributed by atoms with E-state index in [1.54, 1.807) is 18.2 Å². The van der Waals surface area contributed by atoms with Gasteiger partial charge in [-0.05, 0) is 42.4 Å². The van der Waals surface area contributed by atoms with Crippen molar-refractivity contribution in [1.82, 2.24) is 5.32 Å². The molecular formula is C18H14Cl2N2OS2. The standard InChI is InChI=1S/C18H14Cl2N2OS2/c1-2-10-5-3-4-6-13(10)21-18(24)22-17(23)16-15(20)12-8-7-11(19)9-14(12)25-16/h3-9H,2H2,1H3,(H2,21,22,23,24). The van der Waals surface area contributed by atoms with Gasteiger partial charge in [0.2, 0.25) is 0 Å². The maximum atomic E-state index is 12.5. The molecule has 0 saturated heterocycles. The summed E-state index contributed by atoms with van der Waals surface area (Å²) in [5.41, 5.74) is 2.00. The number of aryl methyl sites for hydroxylation is 1. The Hall–Kier alpha value is -1.66. The van der Waals surface area contributed by atoms with Crippen molar-refractivity contribution in [3.05, 3.63) is 63.0 Å². The fraction of sp³-hybridized carbons (Fsp3) is 0.111. The van der Waals surface area contributed by atoms with Crippen LogP contribution in [0.25, 0.3) is 10.1 Å². The van der Waals surface area contributed by atoms with Gasteiger partial charge in [-0.15, -0.1) is 11.3 Å². The van der Waals surface area contributed by atoms with E-state index in [0.29, 0.717) is 14.9 Å². The van der Waals surface area contributed by atoms with Gasteiger partial charge in [-0.3, -0.25) is 10.1 Å². The zero-order chi connectivity index (χ0) is 18.0. The summed E-state index contributed by atoms with van der Waals surface area (Å²) in [5, 5.41) is 7.80. The van der Waals surface area contributed by atoms with E-state index in [9.17, 15) is 4.79 Å². The molecule has 7 heteroatoms. The quantitative estimate of drug-likeness (QED) is 0.530. The third kappa shape index (κ3) is 3.96. The SMILES string of the molecule is CCc1ccccc1NC(=S)NC(=O)c1sc2cc(Cl)ccc2c1Cl. The zero-order valence-corrected chi connectivity index (χ0v) is 16.4. The molecule has 3 aromatic rings. The molecule has 0 fully saturated rings. The van der Waals surface area contributed by atoms with Crippen LogP contribution in [0.3, 0.4) is 0 Å². The highest BCUT2D eigenvalue weighted by Gasteiger charge is 2.18. The highest BCUT2D eigenvalue weighted by molar-refractivity contribution is 7.80. The van der Waals surface area contributed by atoms with Crippen LogP contribution >= 0.6 is 46.8 Å². The number of benzene rings is 2. The first-order valence-electron chi connectivity index (χ1n) is 7.57. The van der Waals surface area contributed by atoms with E-state index in [-0.39, 0.29) is 11.0 Å². The van der Waals surface area contributed by atoms with Gasteiger partial charge in [-0.2, -0.15) is 0 Å². The van der Waals surface area contributed by atoms with Crippen molar-refractivity contribution >= 4 is 73.5 Å². The number of fused-ring (bicyclic) bond motifs is 1. The number of nitrogens with one attached hydrogen (secondary N) is 2. The highest BCUT2D eigenvalue weighted by atomic mass is 35.5. The lowest BCUT2D eigenvalue weighted by molar-refractivity contribution is 0.0982. The number of hydrogen-bond donors (Lipinski definition) is 2. The van der Waals surface area contributed by atoms with E-state index in [1.807, 2.05) is 24.3 Å². The number of para-hydroxylation sites is 1. The van der Waals surface area contributed by atoms with Crippen molar-refractivity contribution in [2.75, 3.05) is 5.32 Å². The molecule has 0 aliphatic rings. The Morgan fingerprint density at radius 1 is 1.20 bits per heavy atom. The van der Waals surface area contributed by atoms with Crippen LogP contribution < -0.4 is 10.6 Å². The van der Waals surface area contributed by atoms with E-state index >= 15 is 0 Å². The molecule has 1 heterocycles. The topological polar surface area (TPSA) is 41.1 Å². The van der Waals surface area contributed by atoms with Crippen LogP contribution in [0.1, 0.15) is 22.2 Å². The minimum atomic E-state index is -0.339. The van der Waals surface area contributed by atoms with Crippen LogP contribution in [-0.4, -0.2) is 11.0 Å². The molecule has 25 heavy (non-hydrogen) atoms. The highest BCUT2D eigenvalue weighted by Crippen LogP contribution is 2.36. The molecule has 1 aromatic heterocycles. The molecule has 0 aliphatic carbocycles. The van der Waals surface area contributed by atoms with E-state index < -0.39 is 0 Å². The van der Waals surface area contributed by atoms with Crippen LogP contribution in [-0.2, 0) is 6.42 Å². The monoisotopic (exact) mass is 408 g/mol. The lowest BCUT2D eigenvalue weighted by Crippen LogP contribution is -2.34. The number of carbonyl (C=O) groups excluding carboxylic acids is 1. The Labute approximate surface area is 164 Å². The summed E-state index contributed by atoms with van der Waals surface area (Å²) < 4.78 is 0.859. The van der Waals surface area contributed by atoms with E-state index in [2.05, 4.69) is 17.6 Å². The molecule has 0 radical (unpaired) electrons. The number of thiocarbonyl (C=S) groups is 1. The number of thiophene rings is 1. The van der Waals surface area contributed by atoms with Crippen LogP contribution in [0.4, 0.5) is 5.69 Å². The van der Waals surface area contributed by atoms with Crippen molar-refractivity contribution in [2.45, 2.75) is 13.3 Å². The van der Waals surface area contributed by atoms with Gasteiger partial charge in [-0.25, -0.2) is 0 Å². The van der Waals surface area contributed by atoms with Gasteiger partial charge < -0.3 is 5.32 Å². The number of hydrogen-bond acceptors (Lipinski definition) is 3. The Balaban J connectivity index is 1.78. The fourth-order valence-electron chi connectivity index (χ4n) is 2.45. The lowest BCUT2D eigenvalue weighted by atomic mass is 10.1. The Kier molecular flexibility index (Phi) is 5.59. The smallest absolute Gasteiger partial charge is 0.269 e. The Bertz CT molecular complexity index is 969. The van der Waals surface area contributed by atoms with Gasteiger partial charge in [0, 0.05) is 20.8 Å². The molecular weight excluding hydrogens is 395 g/mol. The van der Waals surface area contributed by atoms with Crippen molar-refractivity contribution in [3.8, 4) is 0 Å². The third-order valence-corrected chi connectivity index (χ3v) is 5.77. The maximum absolute atomic E-state index is 12.5. The summed E-state index contributed by atoms with van der Waals surface area (Å²) in [6, 6.07) is 13.2. The molecule has 2 N–H and O–H groups in total. The number of carbonyl (C=O) groups is 1. The van der Waals surface area contributed by atoms with Gasteiger partial charge in [0.25, 0.3) is 5.91 Å². The Morgan fingerprint density at radius 2 is 1.96 bits per heavy atom. The third-order valence-electron chi connectivity index (χ3n) is 3.67. The Morgan fingerprint density at radius 3 is 2.72 bits per heavy atom. The molecule has 0 aliphatic heterocycles. The van der Waals surface area contributed by atoms with Crippen molar-refractivity contribution in [2.24, 2.45) is 0 Å². The lowest BCUT2D eigenvalue weighted by Gasteiger charge is -2.12. The molecule has 1 amide bonds. The molecule has 0 spiro atoms. The second kappa shape index (κ2) is 7.70. The number of amides is 1. The van der Waals surface area contributed by atoms with E-state index in [0.717, 1.165) is 27.8 Å². The van der Waals surface area contributed by atoms with Gasteiger partial charge in [0.1, 0.15) is 4.88 Å². The number of anilines is 1. The molecule has 0 unspecified atom stereocenters. The predicted octanol–water partition coefficient (Wildman–Crippen LogP) is 5.90. The summed E-state index contributed by atoms with van der Waals surface area (Å²) >= 11 is 18.9. The second-order valence-electron chi connectivity index (χ2n) is 5.30. The summed E-state index contributed by atoms with van der Waals surface area (Å²) in [4.78, 5) is 12.9. The first-order valence-corrected chi connectivity index (χ1v) is 9.55. The van der Waals surface area contributed by atoms with Crippen LogP contribution in [0.2, 0.25) is 10.0 Å². The summed E-state index contributed by atoms with van der Waals surface area (Å²) in [6.45, 7) is 2.06. The maximum Gasteiger partial charge on any atom is 0.269 e. The fourth-order valence-corrected chi connectivity index (χ4v) is 4.34. The van der Waals surface area contributed by atoms with E-state index in [1.165, 1.54) is 11.3 Å². The predicted molar refractivity (Wildman–Crippen MR) is 111 cm³/mol. The van der Waals surface area contributed by atoms with E-state index in [4.69, 9.17) is 35.4 Å². The van der Waals surface area contributed by atoms with Crippen molar-refractivity contribution in [1.29, 1.82) is 0 Å². The average Bonchev–Trinajstić information content (AvgIpc) is 2.91. The average molecular weight is 409 g/mol. The second-order valence-corrected chi connectivity index (χ2v) is 7.58. The molecule has 2 aromatic carbocycles. The van der Waals surface area contributed by atoms with Crippen LogP contribution in [0.5, 0.6) is 0 Å². The van der Waals surface area contributed by atoms with Crippen molar-refractivity contribution < 1.29 is 4.79 Å². The molecule has 3 nitrogen and oxygen atoms in total. The van der Waals surface area contributed by atoms with Crippen molar-refractivity contribution in [3.63, 3.8) is 0 Å². The van der Waals surface area contributed by atoms with Gasteiger partial charge >= 0.3 is 0 Å². The first kappa shape index (κ1) is 18.1. The summed E-state index contributed by atoms with van der Waals surface area (Å²) in [5.74, 6) is -0.339. The first-order chi connectivity index (χ1) is 12.0. The largest absolute Gasteiger partial charge is 0.332 e. The number of rotatable bonds is 3. The van der Waals surface area contributed by atoms with Gasteiger partial charge in [-0.1, -0.05) is 54.4 Å². The molecule has 0 saturated carbocycles.